The highest BCUT2D eigenvalue weighted by atomic mass is 35.5. The first-order valence-electron chi connectivity index (χ1n) is 11.6. The number of amidine groups is 1. The third kappa shape index (κ3) is 4.05. The van der Waals surface area contributed by atoms with E-state index in [1.165, 1.54) is 35.7 Å². The average Bonchev–Trinajstić information content (AvgIpc) is 2.76. The van der Waals surface area contributed by atoms with Crippen LogP contribution in [-0.4, -0.2) is 37.6 Å². The van der Waals surface area contributed by atoms with Crippen molar-refractivity contribution < 1.29 is 18.0 Å². The van der Waals surface area contributed by atoms with E-state index in [1.54, 1.807) is 12.1 Å². The minimum absolute atomic E-state index is 0.0922. The lowest BCUT2D eigenvalue weighted by Crippen LogP contribution is -2.52. The molecule has 4 aliphatic carbocycles. The number of rotatable bonds is 5. The van der Waals surface area contributed by atoms with E-state index >= 15 is 0 Å². The molecule has 5 fully saturated rings. The Morgan fingerprint density at radius 3 is 2.09 bits per heavy atom. The van der Waals surface area contributed by atoms with E-state index in [0.717, 1.165) is 37.0 Å². The Morgan fingerprint density at radius 2 is 1.56 bits per heavy atom. The zero-order chi connectivity index (χ0) is 22.5. The van der Waals surface area contributed by atoms with E-state index in [2.05, 4.69) is 5.16 Å². The molecule has 4 bridgehead atoms. The van der Waals surface area contributed by atoms with Crippen LogP contribution < -0.4 is 5.73 Å². The molecule has 2 N–H and O–H groups in total. The maximum atomic E-state index is 12.8. The van der Waals surface area contributed by atoms with Crippen molar-refractivity contribution in [1.82, 2.24) is 4.31 Å². The second-order valence-corrected chi connectivity index (χ2v) is 12.6. The van der Waals surface area contributed by atoms with Crippen molar-refractivity contribution >= 4 is 33.4 Å². The lowest BCUT2D eigenvalue weighted by Gasteiger charge is -2.56. The summed E-state index contributed by atoms with van der Waals surface area (Å²) in [7, 11) is -3.60. The molecule has 4 saturated carbocycles. The van der Waals surface area contributed by atoms with Crippen LogP contribution in [0.25, 0.3) is 0 Å². The predicted octanol–water partition coefficient (Wildman–Crippen LogP) is 3.77. The smallest absolute Gasteiger partial charge is 0.338 e. The van der Waals surface area contributed by atoms with Gasteiger partial charge in [0.05, 0.1) is 10.8 Å². The summed E-state index contributed by atoms with van der Waals surface area (Å²) in [4.78, 5) is 18.1. The molecular weight excluding hydrogens is 450 g/mol. The van der Waals surface area contributed by atoms with E-state index in [1.807, 2.05) is 0 Å². The summed E-state index contributed by atoms with van der Waals surface area (Å²) in [5.74, 6) is 1.89. The first kappa shape index (κ1) is 22.2. The minimum atomic E-state index is -3.60. The largest absolute Gasteiger partial charge is 0.384 e. The van der Waals surface area contributed by atoms with Crippen LogP contribution in [0.3, 0.4) is 0 Å². The Morgan fingerprint density at radius 1 is 1.03 bits per heavy atom. The molecule has 1 heterocycles. The van der Waals surface area contributed by atoms with E-state index < -0.39 is 16.0 Å². The lowest BCUT2D eigenvalue weighted by atomic mass is 9.49. The summed E-state index contributed by atoms with van der Waals surface area (Å²) in [6, 6.07) is 6.12. The fraction of sp³-hybridized carbons (Fsp3) is 0.652. The molecule has 1 aliphatic heterocycles. The van der Waals surface area contributed by atoms with Crippen molar-refractivity contribution in [3.63, 3.8) is 0 Å². The number of oxime groups is 1. The molecule has 0 aromatic heterocycles. The maximum absolute atomic E-state index is 12.8. The number of nitrogens with zero attached hydrogens (tertiary/aromatic N) is 2. The molecule has 0 unspecified atom stereocenters. The van der Waals surface area contributed by atoms with E-state index in [-0.39, 0.29) is 29.3 Å². The average molecular weight is 480 g/mol. The number of halogens is 1. The van der Waals surface area contributed by atoms with Gasteiger partial charge in [-0.05, 0) is 93.4 Å². The van der Waals surface area contributed by atoms with Gasteiger partial charge in [-0.2, -0.15) is 4.31 Å². The van der Waals surface area contributed by atoms with Crippen LogP contribution in [0.4, 0.5) is 0 Å². The zero-order valence-electron chi connectivity index (χ0n) is 18.1. The van der Waals surface area contributed by atoms with Crippen molar-refractivity contribution in [3.8, 4) is 0 Å². The zero-order valence-corrected chi connectivity index (χ0v) is 19.7. The number of nitrogens with two attached hydrogens (primary N) is 1. The van der Waals surface area contributed by atoms with Gasteiger partial charge in [0.25, 0.3) is 0 Å². The van der Waals surface area contributed by atoms with Crippen LogP contribution in [0.15, 0.2) is 34.3 Å². The van der Waals surface area contributed by atoms with Crippen molar-refractivity contribution in [2.24, 2.45) is 40.0 Å². The van der Waals surface area contributed by atoms with Crippen molar-refractivity contribution in [2.75, 3.05) is 13.1 Å². The molecule has 0 amide bonds. The molecule has 174 valence electrons. The highest BCUT2D eigenvalue weighted by Crippen LogP contribution is 2.60. The highest BCUT2D eigenvalue weighted by Gasteiger charge is 2.53. The van der Waals surface area contributed by atoms with Crippen LogP contribution in [0, 0.1) is 29.1 Å². The Bertz CT molecular complexity index is 981. The topological polar surface area (TPSA) is 102 Å². The fourth-order valence-electron chi connectivity index (χ4n) is 6.78. The minimum Gasteiger partial charge on any atom is -0.384 e. The van der Waals surface area contributed by atoms with Gasteiger partial charge in [-0.1, -0.05) is 16.8 Å². The molecular formula is C23H30ClN3O4S. The van der Waals surface area contributed by atoms with Crippen molar-refractivity contribution in [3.05, 3.63) is 29.3 Å². The first-order valence-corrected chi connectivity index (χ1v) is 13.4. The Labute approximate surface area is 194 Å². The maximum Gasteiger partial charge on any atom is 0.338 e. The second kappa shape index (κ2) is 8.29. The highest BCUT2D eigenvalue weighted by molar-refractivity contribution is 7.89. The molecule has 1 aromatic carbocycles. The SMILES string of the molecule is NC(=NOC(=O)C1CCN(S(=O)(=O)c2ccc(Cl)cc2)CC1)C12CC3CC(CC(C3)C1)C2. The summed E-state index contributed by atoms with van der Waals surface area (Å²) < 4.78 is 27.1. The fourth-order valence-corrected chi connectivity index (χ4v) is 8.37. The molecule has 0 radical (unpaired) electrons. The Hall–Kier alpha value is -1.64. The molecule has 32 heavy (non-hydrogen) atoms. The third-order valence-corrected chi connectivity index (χ3v) is 10.2. The number of benzene rings is 1. The number of sulfonamides is 1. The second-order valence-electron chi connectivity index (χ2n) is 10.2. The molecule has 7 nitrogen and oxygen atoms in total. The van der Waals surface area contributed by atoms with E-state index in [4.69, 9.17) is 22.2 Å². The number of hydrogen-bond acceptors (Lipinski definition) is 5. The van der Waals surface area contributed by atoms with Crippen LogP contribution in [0.1, 0.15) is 51.4 Å². The van der Waals surface area contributed by atoms with Gasteiger partial charge in [0.1, 0.15) is 5.84 Å². The molecule has 0 spiro atoms. The molecule has 5 aliphatic rings. The Balaban J connectivity index is 1.18. The monoisotopic (exact) mass is 479 g/mol. The number of carbonyl (C=O) groups excluding carboxylic acids is 1. The number of hydrogen-bond donors (Lipinski definition) is 1. The lowest BCUT2D eigenvalue weighted by molar-refractivity contribution is -0.150. The van der Waals surface area contributed by atoms with Gasteiger partial charge in [-0.3, -0.25) is 0 Å². The van der Waals surface area contributed by atoms with Gasteiger partial charge in [0.15, 0.2) is 0 Å². The summed E-state index contributed by atoms with van der Waals surface area (Å²) >= 11 is 5.86. The van der Waals surface area contributed by atoms with E-state index in [0.29, 0.717) is 23.7 Å². The predicted molar refractivity (Wildman–Crippen MR) is 121 cm³/mol. The van der Waals surface area contributed by atoms with E-state index in [9.17, 15) is 13.2 Å². The van der Waals surface area contributed by atoms with Gasteiger partial charge in [-0.15, -0.1) is 0 Å². The van der Waals surface area contributed by atoms with Gasteiger partial charge >= 0.3 is 5.97 Å². The van der Waals surface area contributed by atoms with Crippen LogP contribution in [-0.2, 0) is 19.7 Å². The quantitative estimate of drug-likeness (QED) is 0.299. The summed E-state index contributed by atoms with van der Waals surface area (Å²) in [6.07, 6.45) is 7.92. The van der Waals surface area contributed by atoms with Gasteiger partial charge in [-0.25, -0.2) is 13.2 Å². The molecule has 6 rings (SSSR count). The van der Waals surface area contributed by atoms with Crippen LogP contribution >= 0.6 is 11.6 Å². The summed E-state index contributed by atoms with van der Waals surface area (Å²) in [6.45, 7) is 0.526. The van der Waals surface area contributed by atoms with Crippen LogP contribution in [0.5, 0.6) is 0 Å². The Kier molecular flexibility index (Phi) is 5.75. The molecule has 0 atom stereocenters. The first-order chi connectivity index (χ1) is 15.2. The summed E-state index contributed by atoms with van der Waals surface area (Å²) in [5, 5.41) is 4.60. The molecule has 1 aromatic rings. The van der Waals surface area contributed by atoms with Gasteiger partial charge < -0.3 is 10.6 Å². The van der Waals surface area contributed by atoms with Gasteiger partial charge in [0.2, 0.25) is 10.0 Å². The van der Waals surface area contributed by atoms with Crippen LogP contribution in [0.2, 0.25) is 5.02 Å². The number of carbonyl (C=O) groups is 1. The summed E-state index contributed by atoms with van der Waals surface area (Å²) in [5.41, 5.74) is 6.29. The number of piperidine rings is 1. The van der Waals surface area contributed by atoms with Crippen molar-refractivity contribution in [1.29, 1.82) is 0 Å². The standard InChI is InChI=1S/C23H30ClN3O4S/c24-19-1-3-20(4-2-19)32(29,30)27-7-5-18(6-8-27)21(28)31-26-22(25)23-12-15-9-16(13-23)11-17(10-15)14-23/h1-4,15-18H,5-14H2,(H2,25,26). The normalized spacial score (nSPS) is 33.4. The molecule has 1 saturated heterocycles. The molecule has 9 heteroatoms. The van der Waals surface area contributed by atoms with Crippen molar-refractivity contribution in [2.45, 2.75) is 56.3 Å². The van der Waals surface area contributed by atoms with Gasteiger partial charge in [0, 0.05) is 23.5 Å². The third-order valence-electron chi connectivity index (χ3n) is 8.05.